The SMILES string of the molecule is Cl.Cl.NCCC(=O)NCc1cccc(CN)c1. The van der Waals surface area contributed by atoms with Crippen molar-refractivity contribution in [1.82, 2.24) is 5.32 Å². The number of hydrogen-bond acceptors (Lipinski definition) is 3. The van der Waals surface area contributed by atoms with Gasteiger partial charge in [0.25, 0.3) is 0 Å². The van der Waals surface area contributed by atoms with E-state index in [1.807, 2.05) is 24.3 Å². The second kappa shape index (κ2) is 10.4. The Morgan fingerprint density at radius 2 is 1.82 bits per heavy atom. The number of amides is 1. The Morgan fingerprint density at radius 3 is 2.41 bits per heavy atom. The number of nitrogens with two attached hydrogens (primary N) is 2. The molecule has 1 aromatic rings. The molecule has 0 heterocycles. The second-order valence-electron chi connectivity index (χ2n) is 3.34. The van der Waals surface area contributed by atoms with Crippen molar-refractivity contribution in [2.45, 2.75) is 19.5 Å². The van der Waals surface area contributed by atoms with Crippen LogP contribution in [0.15, 0.2) is 24.3 Å². The van der Waals surface area contributed by atoms with Gasteiger partial charge >= 0.3 is 0 Å². The van der Waals surface area contributed by atoms with Gasteiger partial charge in [-0.15, -0.1) is 24.8 Å². The van der Waals surface area contributed by atoms with Crippen LogP contribution in [0.3, 0.4) is 0 Å². The summed E-state index contributed by atoms with van der Waals surface area (Å²) in [5.74, 6) is -0.0179. The van der Waals surface area contributed by atoms with Crippen LogP contribution in [0.4, 0.5) is 0 Å². The molecule has 4 nitrogen and oxygen atoms in total. The molecule has 0 atom stereocenters. The summed E-state index contributed by atoms with van der Waals surface area (Å²) in [5, 5.41) is 2.79. The van der Waals surface area contributed by atoms with E-state index >= 15 is 0 Å². The average Bonchev–Trinajstić information content (AvgIpc) is 2.27. The van der Waals surface area contributed by atoms with Gasteiger partial charge in [0.2, 0.25) is 5.91 Å². The topological polar surface area (TPSA) is 81.1 Å². The molecular weight excluding hydrogens is 261 g/mol. The molecule has 0 bridgehead atoms. The average molecular weight is 280 g/mol. The van der Waals surface area contributed by atoms with Crippen LogP contribution in [0, 0.1) is 0 Å². The van der Waals surface area contributed by atoms with Crippen LogP contribution in [0.5, 0.6) is 0 Å². The minimum atomic E-state index is -0.0179. The van der Waals surface area contributed by atoms with Crippen molar-refractivity contribution in [2.75, 3.05) is 6.54 Å². The summed E-state index contributed by atoms with van der Waals surface area (Å²) >= 11 is 0. The zero-order valence-electron chi connectivity index (χ0n) is 9.52. The maximum absolute atomic E-state index is 11.2. The van der Waals surface area contributed by atoms with E-state index in [1.54, 1.807) is 0 Å². The van der Waals surface area contributed by atoms with Gasteiger partial charge < -0.3 is 16.8 Å². The lowest BCUT2D eigenvalue weighted by Crippen LogP contribution is -2.25. The minimum absolute atomic E-state index is 0. The Kier molecular flexibility index (Phi) is 11.3. The summed E-state index contributed by atoms with van der Waals surface area (Å²) in [5.41, 5.74) is 12.9. The Hall–Kier alpha value is -0.810. The highest BCUT2D eigenvalue weighted by atomic mass is 35.5. The fraction of sp³-hybridized carbons (Fsp3) is 0.364. The molecule has 0 unspecified atom stereocenters. The van der Waals surface area contributed by atoms with E-state index in [-0.39, 0.29) is 30.7 Å². The van der Waals surface area contributed by atoms with Crippen molar-refractivity contribution in [1.29, 1.82) is 0 Å². The molecule has 0 radical (unpaired) electrons. The number of nitrogens with one attached hydrogen (secondary N) is 1. The van der Waals surface area contributed by atoms with Crippen molar-refractivity contribution in [3.8, 4) is 0 Å². The van der Waals surface area contributed by atoms with Crippen LogP contribution < -0.4 is 16.8 Å². The standard InChI is InChI=1S/C11H17N3O.2ClH/c12-5-4-11(15)14-8-10-3-1-2-9(6-10)7-13;;/h1-3,6H,4-5,7-8,12-13H2,(H,14,15);2*1H. The maximum Gasteiger partial charge on any atom is 0.221 e. The van der Waals surface area contributed by atoms with Crippen LogP contribution in [0.1, 0.15) is 17.5 Å². The molecule has 6 heteroatoms. The molecular formula is C11H19Cl2N3O. The van der Waals surface area contributed by atoms with Crippen LogP contribution in [-0.4, -0.2) is 12.5 Å². The fourth-order valence-electron chi connectivity index (χ4n) is 1.29. The van der Waals surface area contributed by atoms with Gasteiger partial charge in [0.1, 0.15) is 0 Å². The maximum atomic E-state index is 11.2. The van der Waals surface area contributed by atoms with E-state index < -0.39 is 0 Å². The predicted molar refractivity (Wildman–Crippen MR) is 74.3 cm³/mol. The van der Waals surface area contributed by atoms with Crippen molar-refractivity contribution in [3.63, 3.8) is 0 Å². The lowest BCUT2D eigenvalue weighted by Gasteiger charge is -2.05. The van der Waals surface area contributed by atoms with Gasteiger partial charge in [-0.05, 0) is 11.1 Å². The lowest BCUT2D eigenvalue weighted by atomic mass is 10.1. The summed E-state index contributed by atoms with van der Waals surface area (Å²) in [7, 11) is 0. The van der Waals surface area contributed by atoms with Gasteiger partial charge in [-0.2, -0.15) is 0 Å². The highest BCUT2D eigenvalue weighted by Gasteiger charge is 1.99. The number of hydrogen-bond donors (Lipinski definition) is 3. The molecule has 0 saturated carbocycles. The Labute approximate surface area is 114 Å². The molecule has 1 rings (SSSR count). The third-order valence-electron chi connectivity index (χ3n) is 2.09. The fourth-order valence-corrected chi connectivity index (χ4v) is 1.29. The summed E-state index contributed by atoms with van der Waals surface area (Å²) < 4.78 is 0. The van der Waals surface area contributed by atoms with E-state index in [4.69, 9.17) is 11.5 Å². The molecule has 1 aromatic carbocycles. The molecule has 0 aliphatic carbocycles. The zero-order valence-corrected chi connectivity index (χ0v) is 11.2. The van der Waals surface area contributed by atoms with Crippen molar-refractivity contribution >= 4 is 30.7 Å². The van der Waals surface area contributed by atoms with Gasteiger partial charge in [0.05, 0.1) is 0 Å². The third kappa shape index (κ3) is 7.18. The number of halogens is 2. The van der Waals surface area contributed by atoms with Gasteiger partial charge in [0, 0.05) is 26.1 Å². The first-order chi connectivity index (χ1) is 7.26. The largest absolute Gasteiger partial charge is 0.352 e. The van der Waals surface area contributed by atoms with E-state index in [0.29, 0.717) is 26.1 Å². The molecule has 98 valence electrons. The van der Waals surface area contributed by atoms with Crippen LogP contribution >= 0.6 is 24.8 Å². The van der Waals surface area contributed by atoms with Crippen molar-refractivity contribution in [2.24, 2.45) is 11.5 Å². The summed E-state index contributed by atoms with van der Waals surface area (Å²) in [4.78, 5) is 11.2. The molecule has 0 fully saturated rings. The number of carbonyl (C=O) groups excluding carboxylic acids is 1. The third-order valence-corrected chi connectivity index (χ3v) is 2.09. The molecule has 0 aliphatic rings. The van der Waals surface area contributed by atoms with Crippen molar-refractivity contribution < 1.29 is 4.79 Å². The first-order valence-electron chi connectivity index (χ1n) is 5.01. The zero-order chi connectivity index (χ0) is 11.1. The van der Waals surface area contributed by atoms with Crippen LogP contribution in [0.25, 0.3) is 0 Å². The summed E-state index contributed by atoms with van der Waals surface area (Å²) in [6.45, 7) is 1.44. The minimum Gasteiger partial charge on any atom is -0.352 e. The van der Waals surface area contributed by atoms with E-state index in [0.717, 1.165) is 11.1 Å². The van der Waals surface area contributed by atoms with Gasteiger partial charge in [-0.1, -0.05) is 24.3 Å². The predicted octanol–water partition coefficient (Wildman–Crippen LogP) is 0.954. The highest BCUT2D eigenvalue weighted by molar-refractivity contribution is 5.85. The van der Waals surface area contributed by atoms with Crippen LogP contribution in [0.2, 0.25) is 0 Å². The normalized spacial score (nSPS) is 8.82. The first kappa shape index (κ1) is 18.6. The van der Waals surface area contributed by atoms with E-state index in [1.165, 1.54) is 0 Å². The second-order valence-corrected chi connectivity index (χ2v) is 3.34. The highest BCUT2D eigenvalue weighted by Crippen LogP contribution is 2.04. The smallest absolute Gasteiger partial charge is 0.221 e. The molecule has 0 aliphatic heterocycles. The molecule has 5 N–H and O–H groups in total. The molecule has 0 aromatic heterocycles. The van der Waals surface area contributed by atoms with Crippen molar-refractivity contribution in [3.05, 3.63) is 35.4 Å². The Balaban J connectivity index is 0. The Morgan fingerprint density at radius 1 is 1.18 bits per heavy atom. The summed E-state index contributed by atoms with van der Waals surface area (Å²) in [6, 6.07) is 7.85. The van der Waals surface area contributed by atoms with E-state index in [2.05, 4.69) is 5.32 Å². The monoisotopic (exact) mass is 279 g/mol. The molecule has 0 spiro atoms. The first-order valence-corrected chi connectivity index (χ1v) is 5.01. The number of benzene rings is 1. The van der Waals surface area contributed by atoms with Crippen LogP contribution in [-0.2, 0) is 17.9 Å². The van der Waals surface area contributed by atoms with E-state index in [9.17, 15) is 4.79 Å². The molecule has 1 amide bonds. The van der Waals surface area contributed by atoms with Gasteiger partial charge in [-0.25, -0.2) is 0 Å². The number of carbonyl (C=O) groups is 1. The summed E-state index contributed by atoms with van der Waals surface area (Å²) in [6.07, 6.45) is 0.372. The van der Waals surface area contributed by atoms with Gasteiger partial charge in [-0.3, -0.25) is 4.79 Å². The molecule has 0 saturated heterocycles. The van der Waals surface area contributed by atoms with Gasteiger partial charge in [0.15, 0.2) is 0 Å². The quantitative estimate of drug-likeness (QED) is 0.751. The lowest BCUT2D eigenvalue weighted by molar-refractivity contribution is -0.121. The molecule has 17 heavy (non-hydrogen) atoms. The Bertz CT molecular complexity index is 334. The number of rotatable bonds is 5.